The van der Waals surface area contributed by atoms with E-state index in [-0.39, 0.29) is 36.8 Å². The number of benzene rings is 4. The zero-order chi connectivity index (χ0) is 27.6. The number of hydrogen-bond acceptors (Lipinski definition) is 5. The van der Waals surface area contributed by atoms with Crippen LogP contribution in [0.15, 0.2) is 78.9 Å². The van der Waals surface area contributed by atoms with Crippen molar-refractivity contribution in [2.24, 2.45) is 0 Å². The lowest BCUT2D eigenvalue weighted by Crippen LogP contribution is -2.49. The van der Waals surface area contributed by atoms with Crippen LogP contribution in [0.5, 0.6) is 5.75 Å². The number of rotatable bonds is 8. The number of carbonyl (C=O) groups is 2. The Bertz CT molecular complexity index is 1590. The Kier molecular flexibility index (Phi) is 8.59. The van der Waals surface area contributed by atoms with Crippen molar-refractivity contribution in [2.75, 3.05) is 13.2 Å². The molecule has 212 valence electrons. The summed E-state index contributed by atoms with van der Waals surface area (Å²) in [6.07, 6.45) is -0.0490. The van der Waals surface area contributed by atoms with Crippen molar-refractivity contribution in [1.82, 2.24) is 15.5 Å². The van der Waals surface area contributed by atoms with Gasteiger partial charge in [0.1, 0.15) is 5.75 Å². The molecule has 6 rings (SSSR count). The van der Waals surface area contributed by atoms with Gasteiger partial charge in [-0.1, -0.05) is 60.7 Å². The summed E-state index contributed by atoms with van der Waals surface area (Å²) >= 11 is 0. The average Bonchev–Trinajstić information content (AvgIpc) is 3.28. The van der Waals surface area contributed by atoms with E-state index in [2.05, 4.69) is 47.0 Å². The maximum Gasteiger partial charge on any atom is 0.255 e. The fraction of sp³-hybridized carbons (Fsp3) is 0.273. The first kappa shape index (κ1) is 28.6. The van der Waals surface area contributed by atoms with E-state index in [0.717, 1.165) is 21.9 Å². The number of hydrogen-bond donors (Lipinski definition) is 3. The highest BCUT2D eigenvalue weighted by molar-refractivity contribution is 6.03. The van der Waals surface area contributed by atoms with Crippen molar-refractivity contribution in [3.63, 3.8) is 0 Å². The number of ether oxygens (including phenoxy) is 1. The van der Waals surface area contributed by atoms with Gasteiger partial charge < -0.3 is 25.4 Å². The van der Waals surface area contributed by atoms with E-state index in [0.29, 0.717) is 49.5 Å². The SMILES string of the molecule is CCOc1cc2c(cc1C(=O)NCC(O)C1Cc3ccccc3CN1)CN(Cc1ccc3ccccc3c1)C2=O.Cl. The second kappa shape index (κ2) is 12.3. The monoisotopic (exact) mass is 571 g/mol. The van der Waals surface area contributed by atoms with Crippen LogP contribution in [-0.4, -0.2) is 47.1 Å². The van der Waals surface area contributed by atoms with Crippen molar-refractivity contribution in [3.05, 3.63) is 112 Å². The summed E-state index contributed by atoms with van der Waals surface area (Å²) in [5.74, 6) is -0.0315. The van der Waals surface area contributed by atoms with Gasteiger partial charge >= 0.3 is 0 Å². The van der Waals surface area contributed by atoms with Gasteiger partial charge in [-0.05, 0) is 64.6 Å². The number of carbonyl (C=O) groups excluding carboxylic acids is 2. The molecule has 0 aromatic heterocycles. The summed E-state index contributed by atoms with van der Waals surface area (Å²) in [6, 6.07) is 25.9. The van der Waals surface area contributed by atoms with Crippen LogP contribution in [0.1, 0.15) is 49.9 Å². The third-order valence-corrected chi connectivity index (χ3v) is 7.87. The highest BCUT2D eigenvalue weighted by Gasteiger charge is 2.31. The lowest BCUT2D eigenvalue weighted by molar-refractivity contribution is 0.0766. The van der Waals surface area contributed by atoms with E-state index in [1.807, 2.05) is 37.3 Å². The zero-order valence-corrected chi connectivity index (χ0v) is 23.7. The molecule has 2 heterocycles. The van der Waals surface area contributed by atoms with Crippen LogP contribution in [-0.2, 0) is 26.1 Å². The van der Waals surface area contributed by atoms with Crippen LogP contribution in [0.4, 0.5) is 0 Å². The van der Waals surface area contributed by atoms with Crippen molar-refractivity contribution < 1.29 is 19.4 Å². The zero-order valence-electron chi connectivity index (χ0n) is 22.9. The lowest BCUT2D eigenvalue weighted by atomic mass is 9.93. The molecule has 7 nitrogen and oxygen atoms in total. The predicted molar refractivity (Wildman–Crippen MR) is 161 cm³/mol. The third kappa shape index (κ3) is 5.93. The molecule has 3 N–H and O–H groups in total. The van der Waals surface area contributed by atoms with Gasteiger partial charge in [-0.2, -0.15) is 0 Å². The summed E-state index contributed by atoms with van der Waals surface area (Å²) in [7, 11) is 0. The van der Waals surface area contributed by atoms with E-state index in [9.17, 15) is 14.7 Å². The minimum absolute atomic E-state index is 0. The summed E-state index contributed by atoms with van der Waals surface area (Å²) in [4.78, 5) is 28.4. The number of amides is 2. The Balaban J connectivity index is 0.00000337. The summed E-state index contributed by atoms with van der Waals surface area (Å²) in [5, 5.41) is 19.4. The normalized spacial score (nSPS) is 16.5. The molecule has 0 bridgehead atoms. The number of nitrogens with zero attached hydrogens (tertiary/aromatic N) is 1. The van der Waals surface area contributed by atoms with Crippen molar-refractivity contribution in [3.8, 4) is 5.75 Å². The first-order valence-electron chi connectivity index (χ1n) is 13.8. The quantitative estimate of drug-likeness (QED) is 0.287. The predicted octanol–water partition coefficient (Wildman–Crippen LogP) is 4.62. The highest BCUT2D eigenvalue weighted by atomic mass is 35.5. The molecule has 8 heteroatoms. The van der Waals surface area contributed by atoms with Crippen LogP contribution < -0.4 is 15.4 Å². The summed E-state index contributed by atoms with van der Waals surface area (Å²) in [6.45, 7) is 3.90. The fourth-order valence-corrected chi connectivity index (χ4v) is 5.73. The van der Waals surface area contributed by atoms with Gasteiger partial charge in [0.05, 0.1) is 18.3 Å². The number of halogens is 1. The molecule has 41 heavy (non-hydrogen) atoms. The molecule has 0 radical (unpaired) electrons. The Morgan fingerprint density at radius 2 is 1.78 bits per heavy atom. The molecule has 4 aromatic carbocycles. The standard InChI is InChI=1S/C33H33N3O4.ClH/c1-2-40-31-16-27-26(20-36(33(27)39)19-21-11-12-22-7-3-4-8-23(22)13-21)14-28(31)32(38)35-18-30(37)29-15-24-9-5-6-10-25(24)17-34-29;/h3-14,16,29-30,34,37H,2,15,17-20H2,1H3,(H,35,38);1H. The molecule has 2 aliphatic rings. The highest BCUT2D eigenvalue weighted by Crippen LogP contribution is 2.32. The molecule has 4 aromatic rings. The molecule has 0 spiro atoms. The lowest BCUT2D eigenvalue weighted by Gasteiger charge is -2.30. The van der Waals surface area contributed by atoms with E-state index < -0.39 is 6.10 Å². The maximum absolute atomic E-state index is 13.3. The summed E-state index contributed by atoms with van der Waals surface area (Å²) < 4.78 is 5.79. The van der Waals surface area contributed by atoms with Crippen LogP contribution in [0, 0.1) is 0 Å². The number of nitrogens with one attached hydrogen (secondary N) is 2. The molecule has 0 fully saturated rings. The number of aliphatic hydroxyl groups excluding tert-OH is 1. The van der Waals surface area contributed by atoms with Crippen molar-refractivity contribution in [1.29, 1.82) is 0 Å². The third-order valence-electron chi connectivity index (χ3n) is 7.87. The molecule has 0 saturated heterocycles. The average molecular weight is 572 g/mol. The molecule has 2 amide bonds. The Labute approximate surface area is 245 Å². The second-order valence-corrected chi connectivity index (χ2v) is 10.5. The van der Waals surface area contributed by atoms with Crippen LogP contribution >= 0.6 is 12.4 Å². The molecule has 2 atom stereocenters. The van der Waals surface area contributed by atoms with Gasteiger partial charge in [-0.15, -0.1) is 12.4 Å². The van der Waals surface area contributed by atoms with Crippen LogP contribution in [0.2, 0.25) is 0 Å². The van der Waals surface area contributed by atoms with E-state index in [1.54, 1.807) is 17.0 Å². The maximum atomic E-state index is 13.3. The summed E-state index contributed by atoms with van der Waals surface area (Å²) in [5.41, 5.74) is 5.23. The van der Waals surface area contributed by atoms with Gasteiger partial charge in [0.15, 0.2) is 0 Å². The Hall–Kier alpha value is -3.91. The first-order valence-corrected chi connectivity index (χ1v) is 13.8. The molecular formula is C33H34ClN3O4. The minimum Gasteiger partial charge on any atom is -0.493 e. The van der Waals surface area contributed by atoms with Gasteiger partial charge in [0.25, 0.3) is 11.8 Å². The fourth-order valence-electron chi connectivity index (χ4n) is 5.73. The van der Waals surface area contributed by atoms with Crippen LogP contribution in [0.25, 0.3) is 10.8 Å². The topological polar surface area (TPSA) is 90.9 Å². The van der Waals surface area contributed by atoms with Crippen molar-refractivity contribution in [2.45, 2.75) is 45.1 Å². The minimum atomic E-state index is -0.749. The van der Waals surface area contributed by atoms with E-state index >= 15 is 0 Å². The van der Waals surface area contributed by atoms with E-state index in [4.69, 9.17) is 4.74 Å². The largest absolute Gasteiger partial charge is 0.493 e. The Morgan fingerprint density at radius 3 is 2.59 bits per heavy atom. The number of aliphatic hydroxyl groups is 1. The molecule has 0 aliphatic carbocycles. The molecule has 0 saturated carbocycles. The van der Waals surface area contributed by atoms with Gasteiger partial charge in [0, 0.05) is 37.8 Å². The van der Waals surface area contributed by atoms with Gasteiger partial charge in [-0.25, -0.2) is 0 Å². The van der Waals surface area contributed by atoms with Gasteiger partial charge in [0.2, 0.25) is 0 Å². The first-order chi connectivity index (χ1) is 19.5. The van der Waals surface area contributed by atoms with Crippen LogP contribution in [0.3, 0.4) is 0 Å². The smallest absolute Gasteiger partial charge is 0.255 e. The molecule has 2 aliphatic heterocycles. The number of fused-ring (bicyclic) bond motifs is 3. The van der Waals surface area contributed by atoms with Gasteiger partial charge in [-0.3, -0.25) is 9.59 Å². The van der Waals surface area contributed by atoms with Crippen molar-refractivity contribution >= 4 is 35.0 Å². The van der Waals surface area contributed by atoms with E-state index in [1.165, 1.54) is 11.1 Å². The molecule has 2 unspecified atom stereocenters. The molecular weight excluding hydrogens is 538 g/mol. The Morgan fingerprint density at radius 1 is 1.02 bits per heavy atom. The second-order valence-electron chi connectivity index (χ2n) is 10.5.